The average Bonchev–Trinajstić information content (AvgIpc) is 2.82. The second-order valence-electron chi connectivity index (χ2n) is 5.39. The molecule has 8 nitrogen and oxygen atoms in total. The van der Waals surface area contributed by atoms with Gasteiger partial charge in [0.05, 0.1) is 11.5 Å². The molecule has 0 fully saturated rings. The first-order chi connectivity index (χ1) is 11.2. The van der Waals surface area contributed by atoms with Crippen molar-refractivity contribution in [2.75, 3.05) is 17.0 Å². The molecular formula is C14H19N3O5S2. The summed E-state index contributed by atoms with van der Waals surface area (Å²) < 4.78 is 57.0. The van der Waals surface area contributed by atoms with Crippen molar-refractivity contribution in [3.63, 3.8) is 0 Å². The van der Waals surface area contributed by atoms with Crippen LogP contribution in [0.1, 0.15) is 16.9 Å². The van der Waals surface area contributed by atoms with E-state index in [1.807, 2.05) is 13.0 Å². The summed E-state index contributed by atoms with van der Waals surface area (Å²) in [6.07, 6.45) is 0. The molecule has 24 heavy (non-hydrogen) atoms. The molecular weight excluding hydrogens is 354 g/mol. The van der Waals surface area contributed by atoms with Gasteiger partial charge in [0.15, 0.2) is 5.82 Å². The van der Waals surface area contributed by atoms with Gasteiger partial charge in [0.25, 0.3) is 0 Å². The van der Waals surface area contributed by atoms with Gasteiger partial charge in [0, 0.05) is 12.6 Å². The second-order valence-corrected chi connectivity index (χ2v) is 9.03. The van der Waals surface area contributed by atoms with E-state index < -0.39 is 25.8 Å². The van der Waals surface area contributed by atoms with Gasteiger partial charge in [-0.2, -0.15) is 0 Å². The number of hydrogen-bond donors (Lipinski definition) is 2. The maximum absolute atomic E-state index is 12.0. The van der Waals surface area contributed by atoms with Gasteiger partial charge in [-0.15, -0.1) is 0 Å². The molecule has 0 spiro atoms. The molecule has 0 bridgehead atoms. The third-order valence-corrected chi connectivity index (χ3v) is 5.64. The Morgan fingerprint density at radius 2 is 1.83 bits per heavy atom. The van der Waals surface area contributed by atoms with Crippen molar-refractivity contribution in [1.82, 2.24) is 9.88 Å². The number of nitrogens with zero attached hydrogens (tertiary/aromatic N) is 1. The van der Waals surface area contributed by atoms with E-state index in [1.54, 1.807) is 25.1 Å². The lowest BCUT2D eigenvalue weighted by atomic mass is 10.2. The van der Waals surface area contributed by atoms with Crippen LogP contribution in [0, 0.1) is 13.8 Å². The summed E-state index contributed by atoms with van der Waals surface area (Å²) in [5, 5.41) is 3.52. The highest BCUT2D eigenvalue weighted by molar-refractivity contribution is 7.92. The standard InChI is InChI=1S/C14H19N3O5S2/c1-11-4-3-5-13(8-11)10-24(20,21)15-6-7-23(18,19)17-14-9-12(2)22-16-14/h3-5,8-9,15H,6-7,10H2,1-2H3,(H,16,17). The Bertz CT molecular complexity index is 904. The largest absolute Gasteiger partial charge is 0.360 e. The number of anilines is 1. The molecule has 10 heteroatoms. The predicted octanol–water partition coefficient (Wildman–Crippen LogP) is 1.15. The number of hydrogen-bond acceptors (Lipinski definition) is 6. The fourth-order valence-electron chi connectivity index (χ4n) is 2.03. The minimum Gasteiger partial charge on any atom is -0.360 e. The van der Waals surface area contributed by atoms with Gasteiger partial charge >= 0.3 is 0 Å². The summed E-state index contributed by atoms with van der Waals surface area (Å²) in [5.74, 6) is -0.0852. The molecule has 0 radical (unpaired) electrons. The highest BCUT2D eigenvalue weighted by atomic mass is 32.2. The van der Waals surface area contributed by atoms with Crippen molar-refractivity contribution in [3.8, 4) is 0 Å². The van der Waals surface area contributed by atoms with Crippen LogP contribution >= 0.6 is 0 Å². The van der Waals surface area contributed by atoms with Crippen LogP contribution in [0.5, 0.6) is 0 Å². The molecule has 0 aliphatic carbocycles. The third-order valence-electron chi connectivity index (χ3n) is 3.02. The maximum atomic E-state index is 12.0. The summed E-state index contributed by atoms with van der Waals surface area (Å²) in [4.78, 5) is 0. The Balaban J connectivity index is 1.87. The minimum absolute atomic E-state index is 0.0649. The average molecular weight is 373 g/mol. The van der Waals surface area contributed by atoms with E-state index in [9.17, 15) is 16.8 Å². The second kappa shape index (κ2) is 7.32. The molecule has 0 saturated heterocycles. The van der Waals surface area contributed by atoms with Crippen LogP contribution in [0.25, 0.3) is 0 Å². The Hall–Kier alpha value is -1.91. The lowest BCUT2D eigenvalue weighted by Crippen LogP contribution is -2.32. The number of aromatic nitrogens is 1. The molecule has 1 heterocycles. The van der Waals surface area contributed by atoms with E-state index >= 15 is 0 Å². The van der Waals surface area contributed by atoms with Crippen molar-refractivity contribution in [2.45, 2.75) is 19.6 Å². The van der Waals surface area contributed by atoms with Crippen molar-refractivity contribution >= 4 is 25.9 Å². The van der Waals surface area contributed by atoms with Gasteiger partial charge in [-0.3, -0.25) is 4.72 Å². The molecule has 0 aliphatic rings. The summed E-state index contributed by atoms with van der Waals surface area (Å²) in [5.41, 5.74) is 1.60. The molecule has 0 amide bonds. The molecule has 0 aliphatic heterocycles. The minimum atomic E-state index is -3.72. The zero-order chi connectivity index (χ0) is 17.8. The normalized spacial score (nSPS) is 12.2. The highest BCUT2D eigenvalue weighted by Gasteiger charge is 2.16. The van der Waals surface area contributed by atoms with Crippen LogP contribution in [0.4, 0.5) is 5.82 Å². The van der Waals surface area contributed by atoms with Gasteiger partial charge in [-0.05, 0) is 19.4 Å². The van der Waals surface area contributed by atoms with Gasteiger partial charge in [-0.25, -0.2) is 21.6 Å². The molecule has 2 aromatic rings. The van der Waals surface area contributed by atoms with Crippen LogP contribution < -0.4 is 9.44 Å². The lowest BCUT2D eigenvalue weighted by Gasteiger charge is -2.08. The highest BCUT2D eigenvalue weighted by Crippen LogP contribution is 2.10. The summed E-state index contributed by atoms with van der Waals surface area (Å²) in [6.45, 7) is 3.26. The lowest BCUT2D eigenvalue weighted by molar-refractivity contribution is 0.400. The molecule has 132 valence electrons. The van der Waals surface area contributed by atoms with Gasteiger partial charge in [0.2, 0.25) is 20.0 Å². The van der Waals surface area contributed by atoms with E-state index in [0.717, 1.165) is 5.56 Å². The maximum Gasteiger partial charge on any atom is 0.235 e. The quantitative estimate of drug-likeness (QED) is 0.717. The third kappa shape index (κ3) is 5.95. The number of sulfonamides is 2. The first-order valence-corrected chi connectivity index (χ1v) is 10.4. The first-order valence-electron chi connectivity index (χ1n) is 7.12. The SMILES string of the molecule is Cc1cccc(CS(=O)(=O)NCCS(=O)(=O)Nc2cc(C)on2)c1. The fraction of sp³-hybridized carbons (Fsp3) is 0.357. The first kappa shape index (κ1) is 18.4. The van der Waals surface area contributed by atoms with Crippen LogP contribution in [-0.2, 0) is 25.8 Å². The Labute approximate surface area is 141 Å². The van der Waals surface area contributed by atoms with Crippen molar-refractivity contribution in [2.24, 2.45) is 0 Å². The Kier molecular flexibility index (Phi) is 5.62. The predicted molar refractivity (Wildman–Crippen MR) is 90.5 cm³/mol. The van der Waals surface area contributed by atoms with Gasteiger partial charge in [0.1, 0.15) is 5.76 Å². The molecule has 2 N–H and O–H groups in total. The summed E-state index contributed by atoms with van der Waals surface area (Å²) in [6, 6.07) is 8.54. The van der Waals surface area contributed by atoms with E-state index in [2.05, 4.69) is 14.6 Å². The van der Waals surface area contributed by atoms with Crippen molar-refractivity contribution in [3.05, 3.63) is 47.2 Å². The summed E-state index contributed by atoms with van der Waals surface area (Å²) >= 11 is 0. The number of benzene rings is 1. The van der Waals surface area contributed by atoms with Crippen LogP contribution in [-0.4, -0.2) is 34.3 Å². The number of nitrogens with one attached hydrogen (secondary N) is 2. The molecule has 2 rings (SSSR count). The molecule has 0 unspecified atom stereocenters. The molecule has 1 aromatic carbocycles. The van der Waals surface area contributed by atoms with Crippen molar-refractivity contribution < 1.29 is 21.4 Å². The summed E-state index contributed by atoms with van der Waals surface area (Å²) in [7, 11) is -7.34. The van der Waals surface area contributed by atoms with Crippen LogP contribution in [0.3, 0.4) is 0 Å². The molecule has 0 saturated carbocycles. The Morgan fingerprint density at radius 1 is 1.08 bits per heavy atom. The van der Waals surface area contributed by atoms with E-state index in [-0.39, 0.29) is 18.1 Å². The zero-order valence-corrected chi connectivity index (χ0v) is 14.9. The monoisotopic (exact) mass is 373 g/mol. The van der Waals surface area contributed by atoms with Crippen LogP contribution in [0.2, 0.25) is 0 Å². The van der Waals surface area contributed by atoms with E-state index in [1.165, 1.54) is 6.07 Å². The smallest absolute Gasteiger partial charge is 0.235 e. The zero-order valence-electron chi connectivity index (χ0n) is 13.3. The van der Waals surface area contributed by atoms with Gasteiger partial charge in [-0.1, -0.05) is 35.0 Å². The molecule has 1 aromatic heterocycles. The van der Waals surface area contributed by atoms with Gasteiger partial charge < -0.3 is 4.52 Å². The fourth-order valence-corrected chi connectivity index (χ4v) is 4.18. The van der Waals surface area contributed by atoms with Crippen LogP contribution in [0.15, 0.2) is 34.9 Å². The topological polar surface area (TPSA) is 118 Å². The van der Waals surface area contributed by atoms with Crippen molar-refractivity contribution in [1.29, 1.82) is 0 Å². The number of aryl methyl sites for hydroxylation is 2. The molecule has 0 atom stereocenters. The Morgan fingerprint density at radius 3 is 2.46 bits per heavy atom. The van der Waals surface area contributed by atoms with E-state index in [0.29, 0.717) is 11.3 Å². The van der Waals surface area contributed by atoms with E-state index in [4.69, 9.17) is 4.52 Å². The number of rotatable bonds is 8.